The van der Waals surface area contributed by atoms with Gasteiger partial charge in [0.1, 0.15) is 22.7 Å². The summed E-state index contributed by atoms with van der Waals surface area (Å²) >= 11 is 0.939. The molecule has 2 atom stereocenters. The van der Waals surface area contributed by atoms with Crippen LogP contribution in [-0.4, -0.2) is 37.3 Å². The molecule has 4 rings (SSSR count). The Morgan fingerprint density at radius 3 is 2.54 bits per heavy atom. The van der Waals surface area contributed by atoms with E-state index in [1.165, 1.54) is 18.2 Å². The molecule has 0 bridgehead atoms. The van der Waals surface area contributed by atoms with Crippen LogP contribution in [0, 0.1) is 12.7 Å². The molecule has 1 aromatic heterocycles. The van der Waals surface area contributed by atoms with E-state index in [0.29, 0.717) is 5.69 Å². The number of hydrogen-bond donors (Lipinski definition) is 5. The van der Waals surface area contributed by atoms with Crippen LogP contribution in [0.25, 0.3) is 0 Å². The molecule has 2 amide bonds. The van der Waals surface area contributed by atoms with Gasteiger partial charge in [-0.2, -0.15) is 0 Å². The molecule has 1 saturated heterocycles. The van der Waals surface area contributed by atoms with Crippen molar-refractivity contribution in [3.63, 3.8) is 0 Å². The predicted octanol–water partition coefficient (Wildman–Crippen LogP) is 1.92. The van der Waals surface area contributed by atoms with Crippen LogP contribution < -0.4 is 21.9 Å². The van der Waals surface area contributed by atoms with Gasteiger partial charge >= 0.3 is 5.69 Å². The third kappa shape index (κ3) is 5.49. The molecular formula is C23H20FN5O5S. The first-order chi connectivity index (χ1) is 16.7. The molecule has 1 aliphatic heterocycles. The third-order valence-corrected chi connectivity index (χ3v) is 6.26. The second-order valence-corrected chi connectivity index (χ2v) is 8.93. The second kappa shape index (κ2) is 9.97. The first kappa shape index (κ1) is 24.0. The Balaban J connectivity index is 1.60. The number of amidine groups is 1. The van der Waals surface area contributed by atoms with E-state index in [9.17, 15) is 28.7 Å². The van der Waals surface area contributed by atoms with Gasteiger partial charge in [0.25, 0.3) is 5.56 Å². The smallest absolute Gasteiger partial charge is 0.328 e. The molecule has 10 nitrogen and oxygen atoms in total. The molecule has 0 unspecified atom stereocenters. The Kier molecular flexibility index (Phi) is 6.82. The second-order valence-electron chi connectivity index (χ2n) is 7.74. The SMILES string of the molecule is Cc1ccc(NC(=O)C[C@@H]2SC(=N[C@H](c3ccccc3F)c3c(O)[nH]c(=O)[nH]c3=O)NC2=O)cc1. The highest BCUT2D eigenvalue weighted by atomic mass is 32.2. The normalized spacial score (nSPS) is 17.3. The highest BCUT2D eigenvalue weighted by Gasteiger charge is 2.34. The number of amides is 2. The Morgan fingerprint density at radius 2 is 1.86 bits per heavy atom. The van der Waals surface area contributed by atoms with Crippen molar-refractivity contribution in [2.24, 2.45) is 4.99 Å². The number of rotatable bonds is 6. The van der Waals surface area contributed by atoms with E-state index in [1.54, 1.807) is 12.1 Å². The molecule has 3 aromatic rings. The molecule has 5 N–H and O–H groups in total. The average molecular weight is 498 g/mol. The lowest BCUT2D eigenvalue weighted by atomic mass is 10.0. The van der Waals surface area contributed by atoms with Gasteiger partial charge in [-0.15, -0.1) is 0 Å². The number of benzene rings is 2. The van der Waals surface area contributed by atoms with Crippen LogP contribution in [0.3, 0.4) is 0 Å². The van der Waals surface area contributed by atoms with Crippen molar-refractivity contribution >= 4 is 34.4 Å². The maximum Gasteiger partial charge on any atom is 0.328 e. The number of nitrogens with one attached hydrogen (secondary N) is 4. The lowest BCUT2D eigenvalue weighted by molar-refractivity contribution is -0.122. The summed E-state index contributed by atoms with van der Waals surface area (Å²) in [6, 6.07) is 11.3. The van der Waals surface area contributed by atoms with Crippen molar-refractivity contribution in [2.45, 2.75) is 24.6 Å². The number of aryl methyl sites for hydroxylation is 1. The van der Waals surface area contributed by atoms with Crippen molar-refractivity contribution in [2.75, 3.05) is 5.32 Å². The zero-order valence-corrected chi connectivity index (χ0v) is 19.1. The average Bonchev–Trinajstić information content (AvgIpc) is 3.13. The van der Waals surface area contributed by atoms with Gasteiger partial charge in [-0.05, 0) is 25.1 Å². The van der Waals surface area contributed by atoms with Crippen molar-refractivity contribution in [1.29, 1.82) is 0 Å². The van der Waals surface area contributed by atoms with Gasteiger partial charge in [0.15, 0.2) is 5.17 Å². The zero-order valence-electron chi connectivity index (χ0n) is 18.3. The van der Waals surface area contributed by atoms with Gasteiger partial charge in [0, 0.05) is 17.7 Å². The van der Waals surface area contributed by atoms with Crippen LogP contribution in [0.5, 0.6) is 5.88 Å². The van der Waals surface area contributed by atoms with E-state index in [4.69, 9.17) is 0 Å². The number of aliphatic imine (C=N–C) groups is 1. The van der Waals surface area contributed by atoms with Crippen LogP contribution in [0.1, 0.15) is 29.2 Å². The van der Waals surface area contributed by atoms with E-state index >= 15 is 0 Å². The zero-order chi connectivity index (χ0) is 25.1. The van der Waals surface area contributed by atoms with Gasteiger partial charge in [0.2, 0.25) is 17.7 Å². The van der Waals surface area contributed by atoms with Crippen LogP contribution in [0.4, 0.5) is 10.1 Å². The monoisotopic (exact) mass is 497 g/mol. The summed E-state index contributed by atoms with van der Waals surface area (Å²) in [6.07, 6.45) is -0.155. The number of aromatic hydroxyl groups is 1. The number of aromatic nitrogens is 2. The number of H-pyrrole nitrogens is 2. The number of hydrogen-bond acceptors (Lipinski definition) is 7. The minimum Gasteiger partial charge on any atom is -0.494 e. The van der Waals surface area contributed by atoms with Crippen molar-refractivity contribution in [3.8, 4) is 5.88 Å². The summed E-state index contributed by atoms with van der Waals surface area (Å²) in [5.74, 6) is -2.36. The summed E-state index contributed by atoms with van der Waals surface area (Å²) in [4.78, 5) is 57.2. The number of halogens is 1. The molecule has 2 heterocycles. The number of thioether (sulfide) groups is 1. The number of anilines is 1. The van der Waals surface area contributed by atoms with E-state index in [2.05, 4.69) is 20.6 Å². The fourth-order valence-electron chi connectivity index (χ4n) is 3.46. The van der Waals surface area contributed by atoms with Gasteiger partial charge in [-0.1, -0.05) is 47.7 Å². The molecule has 180 valence electrons. The molecule has 1 aliphatic rings. The molecular weight excluding hydrogens is 477 g/mol. The number of carbonyl (C=O) groups excluding carboxylic acids is 2. The van der Waals surface area contributed by atoms with E-state index in [1.807, 2.05) is 24.0 Å². The Hall–Kier alpha value is -4.19. The fraction of sp³-hybridized carbons (Fsp3) is 0.174. The maximum atomic E-state index is 14.6. The minimum absolute atomic E-state index is 0.0291. The lowest BCUT2D eigenvalue weighted by Crippen LogP contribution is -2.29. The molecule has 0 aliphatic carbocycles. The van der Waals surface area contributed by atoms with E-state index in [0.717, 1.165) is 23.4 Å². The molecule has 0 spiro atoms. The van der Waals surface area contributed by atoms with Crippen LogP contribution in [-0.2, 0) is 9.59 Å². The number of carbonyl (C=O) groups is 2. The van der Waals surface area contributed by atoms with Crippen LogP contribution in [0.2, 0.25) is 0 Å². The molecule has 12 heteroatoms. The Morgan fingerprint density at radius 1 is 1.14 bits per heavy atom. The van der Waals surface area contributed by atoms with Crippen molar-refractivity contribution < 1.29 is 19.1 Å². The minimum atomic E-state index is -1.39. The maximum absolute atomic E-state index is 14.6. The van der Waals surface area contributed by atoms with Crippen molar-refractivity contribution in [1.82, 2.24) is 15.3 Å². The lowest BCUT2D eigenvalue weighted by Gasteiger charge is -2.15. The topological polar surface area (TPSA) is 157 Å². The molecule has 2 aromatic carbocycles. The fourth-order valence-corrected chi connectivity index (χ4v) is 4.46. The molecule has 0 radical (unpaired) electrons. The number of aromatic amines is 2. The summed E-state index contributed by atoms with van der Waals surface area (Å²) < 4.78 is 14.6. The third-order valence-electron chi connectivity index (χ3n) is 5.16. The standard InChI is InChI=1S/C23H20FN5O5S/c1-11-6-8-12(9-7-11)25-16(30)10-15-19(31)29-23(35-15)26-18(13-4-2-3-5-14(13)24)17-20(32)27-22(34)28-21(17)33/h2-9,15,18H,10H2,1H3,(H,25,30)(H,26,29,31)(H3,27,28,32,33,34)/t15-,18+/m0/s1. The van der Waals surface area contributed by atoms with Gasteiger partial charge in [-0.3, -0.25) is 24.4 Å². The number of nitrogens with zero attached hydrogens (tertiary/aromatic N) is 1. The summed E-state index contributed by atoms with van der Waals surface area (Å²) in [7, 11) is 0. The van der Waals surface area contributed by atoms with E-state index in [-0.39, 0.29) is 23.1 Å². The van der Waals surface area contributed by atoms with Crippen LogP contribution >= 0.6 is 11.8 Å². The van der Waals surface area contributed by atoms with Crippen molar-refractivity contribution in [3.05, 3.63) is 91.9 Å². The molecule has 1 fully saturated rings. The highest BCUT2D eigenvalue weighted by molar-refractivity contribution is 8.15. The summed E-state index contributed by atoms with van der Waals surface area (Å²) in [6.45, 7) is 1.92. The van der Waals surface area contributed by atoms with Gasteiger partial charge in [0.05, 0.1) is 0 Å². The molecule has 35 heavy (non-hydrogen) atoms. The predicted molar refractivity (Wildman–Crippen MR) is 129 cm³/mol. The Bertz CT molecular complexity index is 1430. The highest BCUT2D eigenvalue weighted by Crippen LogP contribution is 2.32. The van der Waals surface area contributed by atoms with Gasteiger partial charge < -0.3 is 15.7 Å². The first-order valence-electron chi connectivity index (χ1n) is 10.4. The van der Waals surface area contributed by atoms with Gasteiger partial charge in [-0.25, -0.2) is 14.2 Å². The molecule has 0 saturated carbocycles. The Labute approximate surface area is 201 Å². The summed E-state index contributed by atoms with van der Waals surface area (Å²) in [5.41, 5.74) is -0.760. The van der Waals surface area contributed by atoms with Crippen LogP contribution in [0.15, 0.2) is 63.1 Å². The van der Waals surface area contributed by atoms with E-state index < -0.39 is 45.7 Å². The first-order valence-corrected chi connectivity index (χ1v) is 11.3. The quantitative estimate of drug-likeness (QED) is 0.350. The largest absolute Gasteiger partial charge is 0.494 e. The summed E-state index contributed by atoms with van der Waals surface area (Å²) in [5, 5.41) is 14.7.